The van der Waals surface area contributed by atoms with Gasteiger partial charge in [0.25, 0.3) is 0 Å². The molecule has 1 atom stereocenters. The smallest absolute Gasteiger partial charge is 0.154 e. The minimum atomic E-state index is -0.186. The Morgan fingerprint density at radius 3 is 2.79 bits per heavy atom. The zero-order chi connectivity index (χ0) is 14.0. The number of halogens is 1. The van der Waals surface area contributed by atoms with Crippen LogP contribution in [0.1, 0.15) is 45.0 Å². The fraction of sp³-hybridized carbons (Fsp3) is 0.714. The van der Waals surface area contributed by atoms with Gasteiger partial charge in [0.1, 0.15) is 0 Å². The van der Waals surface area contributed by atoms with Crippen LogP contribution in [0.15, 0.2) is 4.47 Å². The van der Waals surface area contributed by atoms with E-state index in [2.05, 4.69) is 41.8 Å². The summed E-state index contributed by atoms with van der Waals surface area (Å²) in [6.07, 6.45) is 3.54. The number of hydrogen-bond donors (Lipinski definition) is 0. The van der Waals surface area contributed by atoms with Crippen molar-refractivity contribution >= 4 is 33.5 Å². The van der Waals surface area contributed by atoms with Gasteiger partial charge in [-0.05, 0) is 54.8 Å². The second-order valence-corrected chi connectivity index (χ2v) is 7.55. The van der Waals surface area contributed by atoms with Crippen molar-refractivity contribution in [3.05, 3.63) is 15.9 Å². The normalized spacial score (nSPS) is 22.9. The predicted octanol–water partition coefficient (Wildman–Crippen LogP) is 3.63. The number of aromatic nitrogens is 2. The maximum Gasteiger partial charge on any atom is 0.154 e. The molecule has 0 radical (unpaired) electrons. The number of carbonyl (C=O) groups excluding carboxylic acids is 1. The van der Waals surface area contributed by atoms with Gasteiger partial charge in [-0.25, -0.2) is 0 Å². The van der Waals surface area contributed by atoms with E-state index < -0.39 is 0 Å². The van der Waals surface area contributed by atoms with Crippen molar-refractivity contribution in [1.82, 2.24) is 9.78 Å². The van der Waals surface area contributed by atoms with Crippen LogP contribution in [0.2, 0.25) is 0 Å². The predicted molar refractivity (Wildman–Crippen MR) is 83.8 cm³/mol. The van der Waals surface area contributed by atoms with Crippen LogP contribution >= 0.6 is 27.7 Å². The first-order valence-electron chi connectivity index (χ1n) is 6.93. The van der Waals surface area contributed by atoms with Gasteiger partial charge in [-0.2, -0.15) is 5.10 Å². The maximum absolute atomic E-state index is 12.6. The fourth-order valence-corrected chi connectivity index (χ4v) is 4.49. The molecule has 2 rings (SSSR count). The number of rotatable bonds is 5. The van der Waals surface area contributed by atoms with E-state index in [1.54, 1.807) is 0 Å². The summed E-state index contributed by atoms with van der Waals surface area (Å²) in [7, 11) is 0. The summed E-state index contributed by atoms with van der Waals surface area (Å²) in [6.45, 7) is 7.06. The molecule has 1 aliphatic heterocycles. The van der Waals surface area contributed by atoms with Gasteiger partial charge in [0.05, 0.1) is 27.0 Å². The van der Waals surface area contributed by atoms with E-state index in [1.165, 1.54) is 0 Å². The van der Waals surface area contributed by atoms with E-state index in [-0.39, 0.29) is 4.75 Å². The number of thioether (sulfide) groups is 1. The maximum atomic E-state index is 12.6. The number of ketones is 1. The van der Waals surface area contributed by atoms with Gasteiger partial charge in [0, 0.05) is 6.54 Å². The number of Topliss-reactive ketones (excluding diaryl/α,β-unsaturated/α-hetero) is 1. The van der Waals surface area contributed by atoms with Gasteiger partial charge >= 0.3 is 0 Å². The molecule has 106 valence electrons. The first-order valence-corrected chi connectivity index (χ1v) is 8.71. The average Bonchev–Trinajstić information content (AvgIpc) is 2.96. The molecule has 1 fully saturated rings. The summed E-state index contributed by atoms with van der Waals surface area (Å²) in [5.74, 6) is 1.45. The average molecular weight is 345 g/mol. The zero-order valence-electron chi connectivity index (χ0n) is 11.8. The molecule has 1 aromatic heterocycles. The van der Waals surface area contributed by atoms with E-state index in [9.17, 15) is 4.79 Å². The first kappa shape index (κ1) is 15.1. The summed E-state index contributed by atoms with van der Waals surface area (Å²) in [5, 5.41) is 4.56. The summed E-state index contributed by atoms with van der Waals surface area (Å²) in [4.78, 5) is 12.6. The topological polar surface area (TPSA) is 34.9 Å². The van der Waals surface area contributed by atoms with Crippen molar-refractivity contribution in [1.29, 1.82) is 0 Å². The van der Waals surface area contributed by atoms with E-state index in [0.29, 0.717) is 12.2 Å². The Kier molecular flexibility index (Phi) is 4.77. The molecule has 1 aliphatic rings. The van der Waals surface area contributed by atoms with Crippen LogP contribution in [0.25, 0.3) is 0 Å². The quantitative estimate of drug-likeness (QED) is 0.817. The van der Waals surface area contributed by atoms with E-state index in [0.717, 1.165) is 47.4 Å². The van der Waals surface area contributed by atoms with Crippen LogP contribution in [0.4, 0.5) is 0 Å². The minimum absolute atomic E-state index is 0.186. The van der Waals surface area contributed by atoms with Gasteiger partial charge in [-0.15, -0.1) is 11.8 Å². The molecule has 1 unspecified atom stereocenters. The van der Waals surface area contributed by atoms with E-state index in [4.69, 9.17) is 0 Å². The largest absolute Gasteiger partial charge is 0.298 e. The molecular weight excluding hydrogens is 324 g/mol. The highest BCUT2D eigenvalue weighted by Gasteiger charge is 2.37. The van der Waals surface area contributed by atoms with Crippen LogP contribution in [0.3, 0.4) is 0 Å². The molecule has 1 aromatic rings. The molecule has 0 aromatic carbocycles. The molecule has 19 heavy (non-hydrogen) atoms. The van der Waals surface area contributed by atoms with Crippen LogP contribution < -0.4 is 0 Å². The van der Waals surface area contributed by atoms with Gasteiger partial charge in [0.2, 0.25) is 0 Å². The summed E-state index contributed by atoms with van der Waals surface area (Å²) >= 11 is 5.42. The summed E-state index contributed by atoms with van der Waals surface area (Å²) < 4.78 is 2.80. The lowest BCUT2D eigenvalue weighted by atomic mass is 9.96. The number of hydrogen-bond acceptors (Lipinski definition) is 3. The van der Waals surface area contributed by atoms with Crippen LogP contribution in [0, 0.1) is 0 Å². The molecule has 5 heteroatoms. The third-order valence-corrected chi connectivity index (χ3v) is 6.31. The van der Waals surface area contributed by atoms with Gasteiger partial charge in [-0.3, -0.25) is 9.48 Å². The Labute approximate surface area is 127 Å². The second kappa shape index (κ2) is 6.00. The highest BCUT2D eigenvalue weighted by atomic mass is 79.9. The van der Waals surface area contributed by atoms with Crippen molar-refractivity contribution in [2.45, 2.75) is 57.7 Å². The molecular formula is C14H21BrN2OS. The molecule has 0 amide bonds. The molecule has 0 aliphatic carbocycles. The highest BCUT2D eigenvalue weighted by molar-refractivity contribution is 9.10. The molecule has 1 saturated heterocycles. The Balaban J connectivity index is 2.23. The Morgan fingerprint density at radius 2 is 2.26 bits per heavy atom. The first-order chi connectivity index (χ1) is 9.01. The lowest BCUT2D eigenvalue weighted by Crippen LogP contribution is -2.31. The Morgan fingerprint density at radius 1 is 1.53 bits per heavy atom. The number of carbonyl (C=O) groups is 1. The van der Waals surface area contributed by atoms with Gasteiger partial charge in [-0.1, -0.05) is 6.92 Å². The third-order valence-electron chi connectivity index (χ3n) is 3.83. The molecule has 0 spiro atoms. The van der Waals surface area contributed by atoms with Crippen molar-refractivity contribution in [2.24, 2.45) is 0 Å². The van der Waals surface area contributed by atoms with E-state index >= 15 is 0 Å². The van der Waals surface area contributed by atoms with Crippen molar-refractivity contribution in [2.75, 3.05) is 5.75 Å². The minimum Gasteiger partial charge on any atom is -0.298 e. The molecule has 2 heterocycles. The molecule has 0 N–H and O–H groups in total. The third kappa shape index (κ3) is 2.92. The highest BCUT2D eigenvalue weighted by Crippen LogP contribution is 2.39. The lowest BCUT2D eigenvalue weighted by molar-refractivity contribution is -0.120. The Bertz CT molecular complexity index is 478. The van der Waals surface area contributed by atoms with Gasteiger partial charge < -0.3 is 0 Å². The summed E-state index contributed by atoms with van der Waals surface area (Å²) in [6, 6.07) is 0. The number of aryl methyl sites for hydroxylation is 2. The zero-order valence-corrected chi connectivity index (χ0v) is 14.2. The summed E-state index contributed by atoms with van der Waals surface area (Å²) in [5.41, 5.74) is 2.09. The van der Waals surface area contributed by atoms with Crippen LogP contribution in [0.5, 0.6) is 0 Å². The fourth-order valence-electron chi connectivity index (χ4n) is 2.52. The number of nitrogens with zero attached hydrogens (tertiary/aromatic N) is 2. The van der Waals surface area contributed by atoms with Gasteiger partial charge in [0.15, 0.2) is 5.78 Å². The van der Waals surface area contributed by atoms with Crippen LogP contribution in [-0.2, 0) is 24.2 Å². The van der Waals surface area contributed by atoms with Crippen molar-refractivity contribution < 1.29 is 4.79 Å². The Hall–Kier alpha value is -0.290. The SMILES string of the molecule is CCc1nn(CC)c(CC(=O)C2(C)CCCS2)c1Br. The van der Waals surface area contributed by atoms with Crippen LogP contribution in [-0.4, -0.2) is 26.1 Å². The monoisotopic (exact) mass is 344 g/mol. The van der Waals surface area contributed by atoms with E-state index in [1.807, 2.05) is 16.4 Å². The van der Waals surface area contributed by atoms with Crippen molar-refractivity contribution in [3.63, 3.8) is 0 Å². The molecule has 0 saturated carbocycles. The van der Waals surface area contributed by atoms with Crippen molar-refractivity contribution in [3.8, 4) is 0 Å². The lowest BCUT2D eigenvalue weighted by Gasteiger charge is -2.21. The molecule has 3 nitrogen and oxygen atoms in total. The molecule has 0 bridgehead atoms. The standard InChI is InChI=1S/C14H21BrN2OS/c1-4-10-13(15)11(17(5-2)16-10)9-12(18)14(3)7-6-8-19-14/h4-9H2,1-3H3. The second-order valence-electron chi connectivity index (χ2n) is 5.16.